The van der Waals surface area contributed by atoms with Crippen LogP contribution in [0.2, 0.25) is 0 Å². The van der Waals surface area contributed by atoms with E-state index in [1.165, 1.54) is 18.2 Å². The number of H-pyrrole nitrogens is 1. The van der Waals surface area contributed by atoms with E-state index in [-0.39, 0.29) is 23.0 Å². The van der Waals surface area contributed by atoms with Crippen molar-refractivity contribution in [2.45, 2.75) is 13.5 Å². The van der Waals surface area contributed by atoms with Gasteiger partial charge in [0.1, 0.15) is 5.75 Å². The number of benzene rings is 2. The molecule has 0 atom stereocenters. The predicted molar refractivity (Wildman–Crippen MR) is 92.5 cm³/mol. The van der Waals surface area contributed by atoms with E-state index in [9.17, 15) is 14.4 Å². The Hall–Kier alpha value is -3.35. The zero-order valence-corrected chi connectivity index (χ0v) is 13.5. The molecule has 128 valence electrons. The van der Waals surface area contributed by atoms with Crippen LogP contribution in [-0.4, -0.2) is 27.2 Å². The smallest absolute Gasteiger partial charge is 0.335 e. The molecule has 0 saturated heterocycles. The van der Waals surface area contributed by atoms with Gasteiger partial charge in [0.25, 0.3) is 5.56 Å². The molecule has 0 radical (unpaired) electrons. The van der Waals surface area contributed by atoms with E-state index in [1.54, 1.807) is 24.3 Å². The fraction of sp³-hybridized carbons (Fsp3) is 0.167. The van der Waals surface area contributed by atoms with Gasteiger partial charge in [-0.1, -0.05) is 12.1 Å². The third-order valence-corrected chi connectivity index (χ3v) is 3.80. The molecule has 0 bridgehead atoms. The molecule has 0 saturated carbocycles. The highest BCUT2D eigenvalue weighted by molar-refractivity contribution is 5.92. The Kier molecular flexibility index (Phi) is 4.38. The lowest BCUT2D eigenvalue weighted by atomic mass is 10.1. The minimum atomic E-state index is -1.12. The predicted octanol–water partition coefficient (Wildman–Crippen LogP) is 1.83. The van der Waals surface area contributed by atoms with Crippen LogP contribution in [0.4, 0.5) is 0 Å². The topological polar surface area (TPSA) is 101 Å². The number of nitrogens with one attached hydrogen (secondary N) is 1. The molecule has 1 aromatic heterocycles. The zero-order valence-electron chi connectivity index (χ0n) is 13.5. The number of ether oxygens (including phenoxy) is 1. The fourth-order valence-corrected chi connectivity index (χ4v) is 2.57. The highest BCUT2D eigenvalue weighted by atomic mass is 16.5. The van der Waals surface area contributed by atoms with Gasteiger partial charge in [0.15, 0.2) is 0 Å². The number of aromatic carboxylic acids is 1. The molecule has 7 nitrogen and oxygen atoms in total. The van der Waals surface area contributed by atoms with Crippen LogP contribution in [0.1, 0.15) is 22.8 Å². The van der Waals surface area contributed by atoms with Gasteiger partial charge >= 0.3 is 11.7 Å². The first kappa shape index (κ1) is 16.5. The van der Waals surface area contributed by atoms with Gasteiger partial charge < -0.3 is 14.8 Å². The fourth-order valence-electron chi connectivity index (χ4n) is 2.57. The summed E-state index contributed by atoms with van der Waals surface area (Å²) in [6, 6.07) is 11.2. The minimum Gasteiger partial charge on any atom is -0.494 e. The van der Waals surface area contributed by atoms with Gasteiger partial charge in [-0.05, 0) is 42.8 Å². The van der Waals surface area contributed by atoms with Crippen LogP contribution >= 0.6 is 0 Å². The standard InChI is InChI=1S/C18H16N2O5/c1-2-25-13-6-3-11(4-7-13)10-20-16(21)14-8-5-12(17(22)23)9-15(14)19-18(20)24/h3-9H,2,10H2,1H3,(H,19,24)(H,22,23). The van der Waals surface area contributed by atoms with Crippen molar-refractivity contribution in [2.75, 3.05) is 6.61 Å². The van der Waals surface area contributed by atoms with Crippen LogP contribution in [0.15, 0.2) is 52.1 Å². The molecule has 2 N–H and O–H groups in total. The molecule has 0 aliphatic carbocycles. The second-order valence-corrected chi connectivity index (χ2v) is 5.46. The number of nitrogens with zero attached hydrogens (tertiary/aromatic N) is 1. The van der Waals surface area contributed by atoms with Gasteiger partial charge in [-0.2, -0.15) is 0 Å². The number of fused-ring (bicyclic) bond motifs is 1. The lowest BCUT2D eigenvalue weighted by Crippen LogP contribution is -2.35. The summed E-state index contributed by atoms with van der Waals surface area (Å²) in [4.78, 5) is 38.4. The minimum absolute atomic E-state index is 0.00631. The van der Waals surface area contributed by atoms with Gasteiger partial charge in [0.2, 0.25) is 0 Å². The molecule has 7 heteroatoms. The van der Waals surface area contributed by atoms with Crippen molar-refractivity contribution in [3.63, 3.8) is 0 Å². The van der Waals surface area contributed by atoms with E-state index in [4.69, 9.17) is 9.84 Å². The average Bonchev–Trinajstić information content (AvgIpc) is 2.59. The van der Waals surface area contributed by atoms with E-state index in [0.717, 1.165) is 10.1 Å². The molecule has 0 amide bonds. The molecule has 25 heavy (non-hydrogen) atoms. The maximum Gasteiger partial charge on any atom is 0.335 e. The van der Waals surface area contributed by atoms with Gasteiger partial charge in [-0.3, -0.25) is 9.36 Å². The van der Waals surface area contributed by atoms with Gasteiger partial charge in [-0.25, -0.2) is 9.59 Å². The van der Waals surface area contributed by atoms with Crippen LogP contribution in [0.5, 0.6) is 5.75 Å². The Balaban J connectivity index is 2.02. The number of rotatable bonds is 5. The van der Waals surface area contributed by atoms with Crippen molar-refractivity contribution in [3.05, 3.63) is 74.4 Å². The van der Waals surface area contributed by atoms with E-state index in [1.807, 2.05) is 6.92 Å². The van der Waals surface area contributed by atoms with E-state index < -0.39 is 17.2 Å². The summed E-state index contributed by atoms with van der Waals surface area (Å²) in [6.45, 7) is 2.55. The van der Waals surface area contributed by atoms with Gasteiger partial charge in [0.05, 0.1) is 29.6 Å². The Morgan fingerprint density at radius 3 is 2.52 bits per heavy atom. The number of carboxylic acid groups (broad SMARTS) is 1. The lowest BCUT2D eigenvalue weighted by molar-refractivity contribution is 0.0697. The first-order chi connectivity index (χ1) is 12.0. The van der Waals surface area contributed by atoms with Crippen molar-refractivity contribution < 1.29 is 14.6 Å². The first-order valence-electron chi connectivity index (χ1n) is 7.71. The Morgan fingerprint density at radius 2 is 1.88 bits per heavy atom. The molecule has 0 fully saturated rings. The van der Waals surface area contributed by atoms with E-state index in [2.05, 4.69) is 4.98 Å². The number of carboxylic acids is 1. The van der Waals surface area contributed by atoms with Crippen LogP contribution in [0.25, 0.3) is 10.9 Å². The molecular formula is C18H16N2O5. The third-order valence-electron chi connectivity index (χ3n) is 3.80. The van der Waals surface area contributed by atoms with Crippen LogP contribution in [-0.2, 0) is 6.54 Å². The Bertz CT molecular complexity index is 1050. The monoisotopic (exact) mass is 340 g/mol. The second-order valence-electron chi connectivity index (χ2n) is 5.46. The summed E-state index contributed by atoms with van der Waals surface area (Å²) in [5.41, 5.74) is -0.0688. The number of hydrogen-bond donors (Lipinski definition) is 2. The number of aromatic nitrogens is 2. The molecule has 3 aromatic rings. The summed E-state index contributed by atoms with van der Waals surface area (Å²) in [7, 11) is 0. The molecule has 0 aliphatic rings. The van der Waals surface area contributed by atoms with E-state index in [0.29, 0.717) is 12.4 Å². The summed E-state index contributed by atoms with van der Waals surface area (Å²) in [5.74, 6) is -0.409. The molecular weight excluding hydrogens is 324 g/mol. The van der Waals surface area contributed by atoms with Crippen molar-refractivity contribution in [3.8, 4) is 5.75 Å². The highest BCUT2D eigenvalue weighted by Gasteiger charge is 2.11. The van der Waals surface area contributed by atoms with Crippen LogP contribution < -0.4 is 16.0 Å². The van der Waals surface area contributed by atoms with Crippen molar-refractivity contribution in [1.29, 1.82) is 0 Å². The summed E-state index contributed by atoms with van der Waals surface area (Å²) >= 11 is 0. The third kappa shape index (κ3) is 3.30. The molecule has 3 rings (SSSR count). The number of carbonyl (C=O) groups is 1. The molecule has 0 spiro atoms. The number of hydrogen-bond acceptors (Lipinski definition) is 4. The Labute approximate surface area is 142 Å². The van der Waals surface area contributed by atoms with E-state index >= 15 is 0 Å². The first-order valence-corrected chi connectivity index (χ1v) is 7.71. The summed E-state index contributed by atoms with van der Waals surface area (Å²) in [6.07, 6.45) is 0. The van der Waals surface area contributed by atoms with Crippen LogP contribution in [0, 0.1) is 0 Å². The zero-order chi connectivity index (χ0) is 18.0. The quantitative estimate of drug-likeness (QED) is 0.738. The number of aromatic amines is 1. The maximum atomic E-state index is 12.6. The van der Waals surface area contributed by atoms with Crippen molar-refractivity contribution in [1.82, 2.24) is 9.55 Å². The second kappa shape index (κ2) is 6.64. The summed E-state index contributed by atoms with van der Waals surface area (Å²) < 4.78 is 6.44. The maximum absolute atomic E-state index is 12.6. The van der Waals surface area contributed by atoms with Crippen LogP contribution in [0.3, 0.4) is 0 Å². The average molecular weight is 340 g/mol. The van der Waals surface area contributed by atoms with Crippen molar-refractivity contribution >= 4 is 16.9 Å². The van der Waals surface area contributed by atoms with Crippen molar-refractivity contribution in [2.24, 2.45) is 0 Å². The molecule has 1 heterocycles. The molecule has 0 unspecified atom stereocenters. The van der Waals surface area contributed by atoms with Gasteiger partial charge in [-0.15, -0.1) is 0 Å². The normalized spacial score (nSPS) is 10.8. The van der Waals surface area contributed by atoms with Gasteiger partial charge in [0, 0.05) is 0 Å². The molecule has 2 aromatic carbocycles. The largest absolute Gasteiger partial charge is 0.494 e. The SMILES string of the molecule is CCOc1ccc(Cn2c(=O)[nH]c3cc(C(=O)O)ccc3c2=O)cc1. The Morgan fingerprint density at radius 1 is 1.16 bits per heavy atom. The lowest BCUT2D eigenvalue weighted by Gasteiger charge is -2.08. The summed E-state index contributed by atoms with van der Waals surface area (Å²) in [5, 5.41) is 9.27. The molecule has 0 aliphatic heterocycles. The highest BCUT2D eigenvalue weighted by Crippen LogP contribution is 2.13.